The second-order valence-corrected chi connectivity index (χ2v) is 6.57. The second-order valence-electron chi connectivity index (χ2n) is 5.10. The Labute approximate surface area is 122 Å². The molecule has 19 heavy (non-hydrogen) atoms. The van der Waals surface area contributed by atoms with Crippen LogP contribution < -0.4 is 5.32 Å². The van der Waals surface area contributed by atoms with Gasteiger partial charge >= 0.3 is 0 Å². The molecule has 1 rings (SSSR count). The molecule has 0 amide bonds. The van der Waals surface area contributed by atoms with Gasteiger partial charge < -0.3 is 5.32 Å². The molecule has 1 aromatic heterocycles. The minimum absolute atomic E-state index is 0.435. The first kappa shape index (κ1) is 16.6. The third-order valence-corrected chi connectivity index (χ3v) is 4.70. The van der Waals surface area contributed by atoms with Crippen LogP contribution in [-0.4, -0.2) is 27.3 Å². The van der Waals surface area contributed by atoms with Crippen LogP contribution in [0.4, 0.5) is 0 Å². The standard InChI is InChI=1S/C15H29N3S/c1-5-8-16-15(12-19-13(4)7-3)14-10-17-18(11-14)9-6-2/h10-11,13,15-16H,5-9,12H2,1-4H3. The van der Waals surface area contributed by atoms with Gasteiger partial charge in [0.15, 0.2) is 0 Å². The van der Waals surface area contributed by atoms with Crippen molar-refractivity contribution in [1.82, 2.24) is 15.1 Å². The van der Waals surface area contributed by atoms with Gasteiger partial charge in [0, 0.05) is 35.3 Å². The average Bonchev–Trinajstić information content (AvgIpc) is 2.87. The molecular weight excluding hydrogens is 254 g/mol. The first-order chi connectivity index (χ1) is 9.21. The van der Waals surface area contributed by atoms with Crippen molar-refractivity contribution in [3.8, 4) is 0 Å². The molecule has 1 heterocycles. The summed E-state index contributed by atoms with van der Waals surface area (Å²) in [6.07, 6.45) is 7.78. The Bertz CT molecular complexity index is 338. The molecule has 0 spiro atoms. The minimum Gasteiger partial charge on any atom is -0.309 e. The van der Waals surface area contributed by atoms with E-state index in [4.69, 9.17) is 0 Å². The van der Waals surface area contributed by atoms with Gasteiger partial charge in [0.25, 0.3) is 0 Å². The van der Waals surface area contributed by atoms with E-state index in [-0.39, 0.29) is 0 Å². The van der Waals surface area contributed by atoms with E-state index in [1.165, 1.54) is 18.4 Å². The van der Waals surface area contributed by atoms with E-state index in [2.05, 4.69) is 60.8 Å². The smallest absolute Gasteiger partial charge is 0.0537 e. The van der Waals surface area contributed by atoms with Gasteiger partial charge in [-0.15, -0.1) is 0 Å². The summed E-state index contributed by atoms with van der Waals surface area (Å²) in [4.78, 5) is 0. The van der Waals surface area contributed by atoms with Gasteiger partial charge in [-0.05, 0) is 25.8 Å². The molecule has 1 aromatic rings. The molecular formula is C15H29N3S. The Morgan fingerprint density at radius 1 is 1.32 bits per heavy atom. The molecule has 0 aliphatic carbocycles. The number of hydrogen-bond acceptors (Lipinski definition) is 3. The summed E-state index contributed by atoms with van der Waals surface area (Å²) in [6, 6.07) is 0.435. The zero-order valence-corrected chi connectivity index (χ0v) is 13.7. The van der Waals surface area contributed by atoms with Crippen LogP contribution in [0, 0.1) is 0 Å². The third-order valence-electron chi connectivity index (χ3n) is 3.27. The average molecular weight is 283 g/mol. The number of thioether (sulfide) groups is 1. The van der Waals surface area contributed by atoms with E-state index in [0.29, 0.717) is 6.04 Å². The molecule has 0 bridgehead atoms. The van der Waals surface area contributed by atoms with Gasteiger partial charge in [-0.1, -0.05) is 27.7 Å². The van der Waals surface area contributed by atoms with E-state index in [0.717, 1.165) is 30.5 Å². The SMILES string of the molecule is CCCNC(CSC(C)CC)c1cnn(CCC)c1. The first-order valence-corrected chi connectivity index (χ1v) is 8.63. The highest BCUT2D eigenvalue weighted by Crippen LogP contribution is 2.22. The summed E-state index contributed by atoms with van der Waals surface area (Å²) in [6.45, 7) is 11.1. The summed E-state index contributed by atoms with van der Waals surface area (Å²) >= 11 is 2.05. The van der Waals surface area contributed by atoms with Gasteiger partial charge in [0.05, 0.1) is 6.20 Å². The number of rotatable bonds is 10. The Morgan fingerprint density at radius 3 is 2.74 bits per heavy atom. The summed E-state index contributed by atoms with van der Waals surface area (Å²) in [5, 5.41) is 8.83. The van der Waals surface area contributed by atoms with E-state index < -0.39 is 0 Å². The van der Waals surface area contributed by atoms with Crippen molar-refractivity contribution in [2.24, 2.45) is 0 Å². The highest BCUT2D eigenvalue weighted by Gasteiger charge is 2.14. The van der Waals surface area contributed by atoms with Crippen molar-refractivity contribution in [2.75, 3.05) is 12.3 Å². The zero-order valence-electron chi connectivity index (χ0n) is 12.9. The Morgan fingerprint density at radius 2 is 2.11 bits per heavy atom. The molecule has 110 valence electrons. The van der Waals surface area contributed by atoms with Crippen molar-refractivity contribution < 1.29 is 0 Å². The quantitative estimate of drug-likeness (QED) is 0.707. The summed E-state index contributed by atoms with van der Waals surface area (Å²) in [5.41, 5.74) is 1.33. The van der Waals surface area contributed by atoms with Crippen molar-refractivity contribution in [3.05, 3.63) is 18.0 Å². The van der Waals surface area contributed by atoms with Gasteiger partial charge in [-0.3, -0.25) is 4.68 Å². The Balaban J connectivity index is 2.60. The van der Waals surface area contributed by atoms with E-state index >= 15 is 0 Å². The molecule has 0 saturated carbocycles. The molecule has 0 fully saturated rings. The van der Waals surface area contributed by atoms with Crippen LogP contribution in [0.1, 0.15) is 58.6 Å². The number of aryl methyl sites for hydroxylation is 1. The number of aromatic nitrogens is 2. The topological polar surface area (TPSA) is 29.9 Å². The third kappa shape index (κ3) is 6.00. The van der Waals surface area contributed by atoms with E-state index in [1.54, 1.807) is 0 Å². The second kappa shape index (κ2) is 9.43. The molecule has 2 atom stereocenters. The predicted octanol–water partition coefficient (Wildman–Crippen LogP) is 3.87. The summed E-state index contributed by atoms with van der Waals surface area (Å²) < 4.78 is 2.06. The zero-order chi connectivity index (χ0) is 14.1. The maximum Gasteiger partial charge on any atom is 0.0537 e. The molecule has 0 saturated heterocycles. The fourth-order valence-corrected chi connectivity index (χ4v) is 2.95. The molecule has 0 radical (unpaired) electrons. The Hall–Kier alpha value is -0.480. The van der Waals surface area contributed by atoms with Gasteiger partial charge in [0.2, 0.25) is 0 Å². The van der Waals surface area contributed by atoms with Gasteiger partial charge in [-0.2, -0.15) is 16.9 Å². The lowest BCUT2D eigenvalue weighted by Gasteiger charge is -2.18. The number of nitrogens with one attached hydrogen (secondary N) is 1. The Kier molecular flexibility index (Phi) is 8.22. The molecule has 0 aliphatic rings. The molecule has 2 unspecified atom stereocenters. The van der Waals surface area contributed by atoms with Crippen LogP contribution >= 0.6 is 11.8 Å². The maximum atomic E-state index is 4.45. The maximum absolute atomic E-state index is 4.45. The summed E-state index contributed by atoms with van der Waals surface area (Å²) in [7, 11) is 0. The highest BCUT2D eigenvalue weighted by molar-refractivity contribution is 7.99. The van der Waals surface area contributed by atoms with Crippen molar-refractivity contribution >= 4 is 11.8 Å². The molecule has 0 aromatic carbocycles. The fourth-order valence-electron chi connectivity index (χ4n) is 1.88. The molecule has 4 heteroatoms. The number of nitrogens with zero attached hydrogens (tertiary/aromatic N) is 2. The van der Waals surface area contributed by atoms with Crippen molar-refractivity contribution in [2.45, 2.75) is 64.8 Å². The number of hydrogen-bond donors (Lipinski definition) is 1. The van der Waals surface area contributed by atoms with Crippen LogP contribution in [-0.2, 0) is 6.54 Å². The fraction of sp³-hybridized carbons (Fsp3) is 0.800. The van der Waals surface area contributed by atoms with Crippen LogP contribution in [0.2, 0.25) is 0 Å². The monoisotopic (exact) mass is 283 g/mol. The summed E-state index contributed by atoms with van der Waals surface area (Å²) in [5.74, 6) is 1.13. The largest absolute Gasteiger partial charge is 0.309 e. The highest BCUT2D eigenvalue weighted by atomic mass is 32.2. The van der Waals surface area contributed by atoms with Crippen molar-refractivity contribution in [1.29, 1.82) is 0 Å². The molecule has 3 nitrogen and oxygen atoms in total. The van der Waals surface area contributed by atoms with Crippen LogP contribution in [0.3, 0.4) is 0 Å². The van der Waals surface area contributed by atoms with Gasteiger partial charge in [0.1, 0.15) is 0 Å². The first-order valence-electron chi connectivity index (χ1n) is 7.58. The lowest BCUT2D eigenvalue weighted by Crippen LogP contribution is -2.24. The molecule has 1 N–H and O–H groups in total. The predicted molar refractivity (Wildman–Crippen MR) is 85.8 cm³/mol. The minimum atomic E-state index is 0.435. The van der Waals surface area contributed by atoms with E-state index in [9.17, 15) is 0 Å². The van der Waals surface area contributed by atoms with Crippen LogP contribution in [0.5, 0.6) is 0 Å². The lowest BCUT2D eigenvalue weighted by molar-refractivity contribution is 0.571. The van der Waals surface area contributed by atoms with Gasteiger partial charge in [-0.25, -0.2) is 0 Å². The van der Waals surface area contributed by atoms with E-state index in [1.807, 2.05) is 6.20 Å². The van der Waals surface area contributed by atoms with Crippen LogP contribution in [0.25, 0.3) is 0 Å². The van der Waals surface area contributed by atoms with Crippen LogP contribution in [0.15, 0.2) is 12.4 Å². The lowest BCUT2D eigenvalue weighted by atomic mass is 10.2. The normalized spacial score (nSPS) is 14.5. The molecule has 0 aliphatic heterocycles. The van der Waals surface area contributed by atoms with Crippen molar-refractivity contribution in [3.63, 3.8) is 0 Å².